The van der Waals surface area contributed by atoms with E-state index < -0.39 is 17.5 Å². The summed E-state index contributed by atoms with van der Waals surface area (Å²) in [6.45, 7) is 3.68. The number of urea groups is 1. The first-order valence-electron chi connectivity index (χ1n) is 9.27. The van der Waals surface area contributed by atoms with E-state index in [9.17, 15) is 14.4 Å². The molecule has 29 heavy (non-hydrogen) atoms. The number of benzene rings is 2. The van der Waals surface area contributed by atoms with Gasteiger partial charge >= 0.3 is 6.03 Å². The van der Waals surface area contributed by atoms with Crippen LogP contribution in [0.25, 0.3) is 0 Å². The van der Waals surface area contributed by atoms with E-state index in [1.54, 1.807) is 17.5 Å². The van der Waals surface area contributed by atoms with Crippen LogP contribution < -0.4 is 5.32 Å². The molecule has 0 bridgehead atoms. The standard InChI is InChI=1S/C23H20N2O3S/c1-15-10-11-18(13-16(15)2)23(17-7-4-3-5-8-17)21(27)25(22(28)24-23)14-19(26)20-9-6-12-29-20/h3-13H,14H2,1-2H3,(H,24,28). The van der Waals surface area contributed by atoms with Crippen LogP contribution >= 0.6 is 11.3 Å². The predicted octanol–water partition coefficient (Wildman–Crippen LogP) is 4.04. The zero-order valence-corrected chi connectivity index (χ0v) is 17.0. The molecule has 2 aromatic carbocycles. The molecule has 0 saturated carbocycles. The summed E-state index contributed by atoms with van der Waals surface area (Å²) in [6.07, 6.45) is 0. The van der Waals surface area contributed by atoms with Gasteiger partial charge in [-0.1, -0.05) is 54.6 Å². The van der Waals surface area contributed by atoms with Crippen LogP contribution in [0.4, 0.5) is 4.79 Å². The van der Waals surface area contributed by atoms with Crippen molar-refractivity contribution in [3.63, 3.8) is 0 Å². The molecule has 1 saturated heterocycles. The number of Topliss-reactive ketones (excluding diaryl/α,β-unsaturated/α-hetero) is 1. The van der Waals surface area contributed by atoms with Gasteiger partial charge in [-0.05, 0) is 47.5 Å². The Morgan fingerprint density at radius 1 is 0.966 bits per heavy atom. The number of rotatable bonds is 5. The molecule has 0 spiro atoms. The fourth-order valence-electron chi connectivity index (χ4n) is 3.60. The number of hydrogen-bond donors (Lipinski definition) is 1. The minimum Gasteiger partial charge on any atom is -0.315 e. The van der Waals surface area contributed by atoms with Crippen molar-refractivity contribution >= 4 is 29.1 Å². The zero-order valence-electron chi connectivity index (χ0n) is 16.1. The number of carbonyl (C=O) groups excluding carboxylic acids is 3. The smallest absolute Gasteiger partial charge is 0.315 e. The van der Waals surface area contributed by atoms with E-state index in [2.05, 4.69) is 5.32 Å². The summed E-state index contributed by atoms with van der Waals surface area (Å²) in [6, 6.07) is 17.8. The number of imide groups is 1. The summed E-state index contributed by atoms with van der Waals surface area (Å²) in [5.74, 6) is -0.700. The molecule has 3 amide bonds. The molecule has 146 valence electrons. The molecule has 1 fully saturated rings. The summed E-state index contributed by atoms with van der Waals surface area (Å²) in [4.78, 5) is 40.6. The summed E-state index contributed by atoms with van der Waals surface area (Å²) in [7, 11) is 0. The Kier molecular flexibility index (Phi) is 4.80. The van der Waals surface area contributed by atoms with Gasteiger partial charge in [-0.25, -0.2) is 4.79 Å². The Bertz CT molecular complexity index is 1090. The molecule has 1 N–H and O–H groups in total. The van der Waals surface area contributed by atoms with Gasteiger partial charge in [0.25, 0.3) is 5.91 Å². The van der Waals surface area contributed by atoms with Crippen molar-refractivity contribution in [2.24, 2.45) is 0 Å². The highest BCUT2D eigenvalue weighted by molar-refractivity contribution is 7.12. The number of aryl methyl sites for hydroxylation is 2. The minimum atomic E-state index is -1.35. The summed E-state index contributed by atoms with van der Waals surface area (Å²) in [5, 5.41) is 4.68. The van der Waals surface area contributed by atoms with E-state index >= 15 is 0 Å². The Hall–Kier alpha value is -3.25. The van der Waals surface area contributed by atoms with E-state index in [1.807, 2.05) is 62.4 Å². The lowest BCUT2D eigenvalue weighted by Gasteiger charge is -2.28. The van der Waals surface area contributed by atoms with Crippen molar-refractivity contribution in [3.8, 4) is 0 Å². The van der Waals surface area contributed by atoms with Crippen molar-refractivity contribution in [2.45, 2.75) is 19.4 Å². The van der Waals surface area contributed by atoms with Crippen LogP contribution in [0.1, 0.15) is 31.9 Å². The molecule has 1 atom stereocenters. The van der Waals surface area contributed by atoms with Gasteiger partial charge in [0, 0.05) is 0 Å². The molecule has 5 nitrogen and oxygen atoms in total. The molecule has 1 unspecified atom stereocenters. The maximum atomic E-state index is 13.6. The maximum Gasteiger partial charge on any atom is 0.325 e. The number of nitrogens with zero attached hydrogens (tertiary/aromatic N) is 1. The molecule has 1 aliphatic rings. The van der Waals surface area contributed by atoms with E-state index in [4.69, 9.17) is 0 Å². The predicted molar refractivity (Wildman–Crippen MR) is 112 cm³/mol. The molecular formula is C23H20N2O3S. The van der Waals surface area contributed by atoms with Crippen LogP contribution in [-0.4, -0.2) is 29.2 Å². The SMILES string of the molecule is Cc1ccc(C2(c3ccccc3)NC(=O)N(CC(=O)c3cccs3)C2=O)cc1C. The van der Waals surface area contributed by atoms with Crippen LogP contribution in [-0.2, 0) is 10.3 Å². The summed E-state index contributed by atoms with van der Waals surface area (Å²) >= 11 is 1.29. The third kappa shape index (κ3) is 3.15. The number of ketones is 1. The van der Waals surface area contributed by atoms with Crippen molar-refractivity contribution < 1.29 is 14.4 Å². The normalized spacial score (nSPS) is 18.8. The van der Waals surface area contributed by atoms with Crippen LogP contribution in [0.15, 0.2) is 66.0 Å². The largest absolute Gasteiger partial charge is 0.325 e. The zero-order chi connectivity index (χ0) is 20.6. The second-order valence-corrected chi connectivity index (χ2v) is 8.08. The summed E-state index contributed by atoms with van der Waals surface area (Å²) < 4.78 is 0. The molecule has 3 aromatic rings. The number of amides is 3. The van der Waals surface area contributed by atoms with Crippen LogP contribution in [0, 0.1) is 13.8 Å². The minimum absolute atomic E-state index is 0.257. The van der Waals surface area contributed by atoms with E-state index in [-0.39, 0.29) is 12.3 Å². The summed E-state index contributed by atoms with van der Waals surface area (Å²) in [5.41, 5.74) is 2.10. The molecule has 1 aromatic heterocycles. The Labute approximate surface area is 173 Å². The van der Waals surface area contributed by atoms with Crippen LogP contribution in [0.5, 0.6) is 0 Å². The Balaban J connectivity index is 1.80. The first-order chi connectivity index (χ1) is 13.9. The molecule has 0 radical (unpaired) electrons. The average Bonchev–Trinajstić information content (AvgIpc) is 3.34. The van der Waals surface area contributed by atoms with Gasteiger partial charge < -0.3 is 5.32 Å². The van der Waals surface area contributed by atoms with Gasteiger partial charge in [-0.15, -0.1) is 11.3 Å². The lowest BCUT2D eigenvalue weighted by atomic mass is 9.81. The maximum absolute atomic E-state index is 13.6. The second kappa shape index (κ2) is 7.29. The van der Waals surface area contributed by atoms with Gasteiger partial charge in [-0.2, -0.15) is 0 Å². The third-order valence-electron chi connectivity index (χ3n) is 5.35. The number of carbonyl (C=O) groups is 3. The van der Waals surface area contributed by atoms with Crippen molar-refractivity contribution in [1.29, 1.82) is 0 Å². The molecule has 0 aliphatic carbocycles. The lowest BCUT2D eigenvalue weighted by molar-refractivity contribution is -0.129. The highest BCUT2D eigenvalue weighted by Crippen LogP contribution is 2.37. The van der Waals surface area contributed by atoms with E-state index in [0.717, 1.165) is 16.0 Å². The van der Waals surface area contributed by atoms with Crippen molar-refractivity contribution in [2.75, 3.05) is 6.54 Å². The fourth-order valence-corrected chi connectivity index (χ4v) is 4.26. The monoisotopic (exact) mass is 404 g/mol. The molecular weight excluding hydrogens is 384 g/mol. The topological polar surface area (TPSA) is 66.5 Å². The third-order valence-corrected chi connectivity index (χ3v) is 6.26. The number of hydrogen-bond acceptors (Lipinski definition) is 4. The van der Waals surface area contributed by atoms with E-state index in [1.165, 1.54) is 11.3 Å². The highest BCUT2D eigenvalue weighted by atomic mass is 32.1. The van der Waals surface area contributed by atoms with Gasteiger partial charge in [-0.3, -0.25) is 14.5 Å². The average molecular weight is 404 g/mol. The fraction of sp³-hybridized carbons (Fsp3) is 0.174. The van der Waals surface area contributed by atoms with Gasteiger partial charge in [0.15, 0.2) is 11.3 Å². The number of thiophene rings is 1. The first-order valence-corrected chi connectivity index (χ1v) is 10.2. The Morgan fingerprint density at radius 2 is 1.72 bits per heavy atom. The van der Waals surface area contributed by atoms with Gasteiger partial charge in [0.1, 0.15) is 0 Å². The van der Waals surface area contributed by atoms with Crippen molar-refractivity contribution in [1.82, 2.24) is 10.2 Å². The van der Waals surface area contributed by atoms with Crippen LogP contribution in [0.3, 0.4) is 0 Å². The lowest BCUT2D eigenvalue weighted by Crippen LogP contribution is -2.45. The number of nitrogens with one attached hydrogen (secondary N) is 1. The quantitative estimate of drug-likeness (QED) is 0.515. The second-order valence-electron chi connectivity index (χ2n) is 7.14. The molecule has 4 rings (SSSR count). The first kappa shape index (κ1) is 19.1. The highest BCUT2D eigenvalue weighted by Gasteiger charge is 2.54. The van der Waals surface area contributed by atoms with Crippen molar-refractivity contribution in [3.05, 3.63) is 93.2 Å². The molecule has 2 heterocycles. The van der Waals surface area contributed by atoms with E-state index in [0.29, 0.717) is 16.0 Å². The molecule has 1 aliphatic heterocycles. The van der Waals surface area contributed by atoms with Gasteiger partial charge in [0.2, 0.25) is 0 Å². The molecule has 6 heteroatoms. The Morgan fingerprint density at radius 3 is 2.38 bits per heavy atom. The van der Waals surface area contributed by atoms with Gasteiger partial charge in [0.05, 0.1) is 11.4 Å². The van der Waals surface area contributed by atoms with Crippen LogP contribution in [0.2, 0.25) is 0 Å².